The average molecular weight is 444 g/mol. The second-order valence-corrected chi connectivity index (χ2v) is 7.89. The third-order valence-corrected chi connectivity index (χ3v) is 5.60. The zero-order valence-corrected chi connectivity index (χ0v) is 18.3. The molecule has 1 aliphatic rings. The van der Waals surface area contributed by atoms with Gasteiger partial charge in [0.25, 0.3) is 5.56 Å². The highest BCUT2D eigenvalue weighted by Gasteiger charge is 2.23. The van der Waals surface area contributed by atoms with E-state index in [0.29, 0.717) is 17.2 Å². The molecule has 5 rings (SSSR count). The molecule has 1 aromatic carbocycles. The second-order valence-electron chi connectivity index (χ2n) is 7.89. The fraction of sp³-hybridized carbons (Fsp3) is 0.167. The van der Waals surface area contributed by atoms with E-state index >= 15 is 0 Å². The van der Waals surface area contributed by atoms with Crippen LogP contribution in [0.3, 0.4) is 0 Å². The van der Waals surface area contributed by atoms with Gasteiger partial charge in [-0.2, -0.15) is 4.39 Å². The molecule has 0 amide bonds. The molecule has 0 saturated carbocycles. The number of nitrogens with one attached hydrogen (secondary N) is 2. The smallest absolute Gasteiger partial charge is 0.258 e. The molecule has 3 aromatic heterocycles. The van der Waals surface area contributed by atoms with Crippen LogP contribution in [0, 0.1) is 19.8 Å². The lowest BCUT2D eigenvalue weighted by Gasteiger charge is -2.13. The van der Waals surface area contributed by atoms with Gasteiger partial charge in [0.2, 0.25) is 18.1 Å². The molecule has 1 atom stereocenters. The number of rotatable bonds is 3. The Hall–Kier alpha value is -4.11. The zero-order valence-electron chi connectivity index (χ0n) is 18.3. The van der Waals surface area contributed by atoms with Crippen LogP contribution in [0.5, 0.6) is 0 Å². The Bertz CT molecular complexity index is 1480. The maximum Gasteiger partial charge on any atom is 0.258 e. The summed E-state index contributed by atoms with van der Waals surface area (Å²) in [6.45, 7) is 3.85. The first-order chi connectivity index (χ1) is 15.9. The lowest BCUT2D eigenvalue weighted by molar-refractivity contribution is 0.0349. The highest BCUT2D eigenvalue weighted by molar-refractivity contribution is 5.95. The van der Waals surface area contributed by atoms with E-state index in [1.807, 2.05) is 44.2 Å². The van der Waals surface area contributed by atoms with Crippen LogP contribution in [-0.2, 0) is 11.9 Å². The van der Waals surface area contributed by atoms with Crippen LogP contribution in [0.4, 0.5) is 10.1 Å². The largest absolute Gasteiger partial charge is 0.325 e. The molecule has 0 fully saturated rings. The fourth-order valence-corrected chi connectivity index (χ4v) is 3.84. The number of hydroxylamine groups is 1. The van der Waals surface area contributed by atoms with E-state index in [4.69, 9.17) is 4.84 Å². The van der Waals surface area contributed by atoms with E-state index in [1.54, 1.807) is 29.9 Å². The molecular formula is C24H21FN6O2. The minimum absolute atomic E-state index is 0.0971. The number of pyridine rings is 3. The molecule has 0 saturated heterocycles. The van der Waals surface area contributed by atoms with Gasteiger partial charge in [-0.3, -0.25) is 9.78 Å². The third-order valence-electron chi connectivity index (χ3n) is 5.60. The third kappa shape index (κ3) is 3.83. The Labute approximate surface area is 188 Å². The first-order valence-electron chi connectivity index (χ1n) is 10.3. The molecule has 33 heavy (non-hydrogen) atoms. The molecule has 0 aliphatic carbocycles. The summed E-state index contributed by atoms with van der Waals surface area (Å²) in [5, 5.41) is 4.01. The summed E-state index contributed by atoms with van der Waals surface area (Å²) in [7, 11) is 1.76. The van der Waals surface area contributed by atoms with Crippen LogP contribution >= 0.6 is 0 Å². The number of anilines is 1. The van der Waals surface area contributed by atoms with Gasteiger partial charge in [0.05, 0.1) is 11.1 Å². The number of hydrogen-bond acceptors (Lipinski definition) is 7. The maximum absolute atomic E-state index is 13.9. The minimum atomic E-state index is -0.852. The lowest BCUT2D eigenvalue weighted by atomic mass is 9.99. The quantitative estimate of drug-likeness (QED) is 0.468. The number of fused-ring (bicyclic) bond motifs is 1. The monoisotopic (exact) mass is 444 g/mol. The summed E-state index contributed by atoms with van der Waals surface area (Å²) < 4.78 is 15.6. The standard InChI is InChI=1S/C24H21FN6O2/c1-13-6-7-16(28-24-29-22(33-30-24)17-5-4-8-26-21(17)25)11-18(13)19-10-15-12-27-14(2)9-20(15)31(3)23(19)32/h4-12,22H,1-3H3,(H2,28,29,30). The number of aryl methyl sites for hydroxylation is 3. The predicted octanol–water partition coefficient (Wildman–Crippen LogP) is 3.75. The summed E-state index contributed by atoms with van der Waals surface area (Å²) >= 11 is 0. The van der Waals surface area contributed by atoms with Crippen molar-refractivity contribution < 1.29 is 9.23 Å². The first kappa shape index (κ1) is 20.8. The van der Waals surface area contributed by atoms with Gasteiger partial charge in [-0.25, -0.2) is 20.3 Å². The van der Waals surface area contributed by atoms with E-state index in [0.717, 1.165) is 27.7 Å². The van der Waals surface area contributed by atoms with Crippen molar-refractivity contribution in [2.75, 3.05) is 5.32 Å². The van der Waals surface area contributed by atoms with Gasteiger partial charge < -0.3 is 9.88 Å². The summed E-state index contributed by atoms with van der Waals surface area (Å²) in [5.41, 5.74) is 7.50. The van der Waals surface area contributed by atoms with Gasteiger partial charge in [0.15, 0.2) is 0 Å². The Morgan fingerprint density at radius 1 is 1.12 bits per heavy atom. The van der Waals surface area contributed by atoms with Crippen LogP contribution < -0.4 is 16.4 Å². The topological polar surface area (TPSA) is 93.4 Å². The first-order valence-corrected chi connectivity index (χ1v) is 10.3. The SMILES string of the molecule is Cc1cc2c(cn1)cc(-c1cc(NC3=NC(c4cccnc4F)ON3)ccc1C)c(=O)n2C. The van der Waals surface area contributed by atoms with Gasteiger partial charge in [-0.15, -0.1) is 0 Å². The summed E-state index contributed by atoms with van der Waals surface area (Å²) in [6, 6.07) is 12.6. The highest BCUT2D eigenvalue weighted by atomic mass is 19.1. The lowest BCUT2D eigenvalue weighted by Crippen LogP contribution is -2.25. The van der Waals surface area contributed by atoms with Crippen molar-refractivity contribution >= 4 is 22.5 Å². The molecule has 0 bridgehead atoms. The van der Waals surface area contributed by atoms with Crippen LogP contribution in [0.2, 0.25) is 0 Å². The van der Waals surface area contributed by atoms with Crippen molar-refractivity contribution in [3.63, 3.8) is 0 Å². The Balaban J connectivity index is 1.49. The predicted molar refractivity (Wildman–Crippen MR) is 124 cm³/mol. The molecule has 0 spiro atoms. The van der Waals surface area contributed by atoms with Crippen molar-refractivity contribution in [2.45, 2.75) is 20.1 Å². The Morgan fingerprint density at radius 2 is 1.97 bits per heavy atom. The highest BCUT2D eigenvalue weighted by Crippen LogP contribution is 2.28. The van der Waals surface area contributed by atoms with Crippen LogP contribution in [-0.4, -0.2) is 20.5 Å². The minimum Gasteiger partial charge on any atom is -0.325 e. The van der Waals surface area contributed by atoms with Crippen LogP contribution in [0.15, 0.2) is 64.6 Å². The number of guanidine groups is 1. The Kier molecular flexibility index (Phi) is 5.10. The molecular weight excluding hydrogens is 423 g/mol. The molecule has 9 heteroatoms. The summed E-state index contributed by atoms with van der Waals surface area (Å²) in [5.74, 6) is -0.312. The van der Waals surface area contributed by atoms with Gasteiger partial charge in [0, 0.05) is 41.8 Å². The molecule has 0 radical (unpaired) electrons. The average Bonchev–Trinajstić information content (AvgIpc) is 3.26. The van der Waals surface area contributed by atoms with E-state index in [-0.39, 0.29) is 11.1 Å². The van der Waals surface area contributed by atoms with Gasteiger partial charge >= 0.3 is 0 Å². The van der Waals surface area contributed by atoms with Crippen molar-refractivity contribution in [1.29, 1.82) is 0 Å². The van der Waals surface area contributed by atoms with E-state index in [2.05, 4.69) is 25.8 Å². The number of halogens is 1. The van der Waals surface area contributed by atoms with Crippen molar-refractivity contribution in [3.05, 3.63) is 88.0 Å². The molecule has 1 aliphatic heterocycles. The van der Waals surface area contributed by atoms with Crippen molar-refractivity contribution in [1.82, 2.24) is 20.0 Å². The number of nitrogens with zero attached hydrogens (tertiary/aromatic N) is 4. The molecule has 4 heterocycles. The second kappa shape index (κ2) is 8.10. The maximum atomic E-state index is 13.9. The molecule has 2 N–H and O–H groups in total. The van der Waals surface area contributed by atoms with Crippen molar-refractivity contribution in [2.24, 2.45) is 12.0 Å². The van der Waals surface area contributed by atoms with Crippen LogP contribution in [0.1, 0.15) is 23.0 Å². The van der Waals surface area contributed by atoms with E-state index in [9.17, 15) is 9.18 Å². The normalized spacial score (nSPS) is 15.4. The van der Waals surface area contributed by atoms with Gasteiger partial charge in [-0.1, -0.05) is 6.07 Å². The number of aromatic nitrogens is 3. The molecule has 4 aromatic rings. The number of aliphatic imine (C=N–C) groups is 1. The van der Waals surface area contributed by atoms with Gasteiger partial charge in [-0.05, 0) is 61.4 Å². The van der Waals surface area contributed by atoms with Crippen molar-refractivity contribution in [3.8, 4) is 11.1 Å². The van der Waals surface area contributed by atoms with E-state index < -0.39 is 12.2 Å². The summed E-state index contributed by atoms with van der Waals surface area (Å²) in [4.78, 5) is 30.9. The fourth-order valence-electron chi connectivity index (χ4n) is 3.84. The van der Waals surface area contributed by atoms with Gasteiger partial charge in [0.1, 0.15) is 0 Å². The molecule has 8 nitrogen and oxygen atoms in total. The zero-order chi connectivity index (χ0) is 23.1. The summed E-state index contributed by atoms with van der Waals surface area (Å²) in [6.07, 6.45) is 2.29. The number of hydrogen-bond donors (Lipinski definition) is 2. The molecule has 166 valence electrons. The molecule has 1 unspecified atom stereocenters. The number of benzene rings is 1. The van der Waals surface area contributed by atoms with E-state index in [1.165, 1.54) is 6.20 Å². The van der Waals surface area contributed by atoms with Crippen LogP contribution in [0.25, 0.3) is 22.0 Å². The Morgan fingerprint density at radius 3 is 2.79 bits per heavy atom.